The third kappa shape index (κ3) is 25.9. The summed E-state index contributed by atoms with van der Waals surface area (Å²) in [6.45, 7) is 4.18. The molecule has 2 heterocycles. The summed E-state index contributed by atoms with van der Waals surface area (Å²) in [7, 11) is 0. The molecule has 11 amide bonds. The van der Waals surface area contributed by atoms with Gasteiger partial charge in [0, 0.05) is 33.4 Å². The van der Waals surface area contributed by atoms with Crippen molar-refractivity contribution >= 4 is 76.9 Å². The summed E-state index contributed by atoms with van der Waals surface area (Å²) in [5, 5.41) is 92.3. The van der Waals surface area contributed by atoms with Gasteiger partial charge in [-0.3, -0.25) is 57.5 Å². The number of ether oxygens (including phenoxy) is 4. The van der Waals surface area contributed by atoms with Gasteiger partial charge in [0.15, 0.2) is 12.6 Å². The Bertz CT molecular complexity index is 2390. The van der Waals surface area contributed by atoms with Gasteiger partial charge >= 0.3 is 11.9 Å². The summed E-state index contributed by atoms with van der Waals surface area (Å²) < 4.78 is 23.2. The molecule has 2 rings (SSSR count). The Kier molecular flexibility index (Phi) is 32.6. The predicted octanol–water partition coefficient (Wildman–Crippen LogP) is -10.3. The first kappa shape index (κ1) is 75.8. The topological polar surface area (TPSA) is 613 Å². The van der Waals surface area contributed by atoms with Crippen LogP contribution in [0.25, 0.3) is 0 Å². The molecule has 0 aliphatic carbocycles. The van der Waals surface area contributed by atoms with E-state index in [-0.39, 0.29) is 38.8 Å². The van der Waals surface area contributed by atoms with Crippen LogP contribution in [0, 0.1) is 0 Å². The van der Waals surface area contributed by atoms with Gasteiger partial charge in [-0.1, -0.05) is 0 Å². The Labute approximate surface area is 498 Å². The van der Waals surface area contributed by atoms with Crippen molar-refractivity contribution in [2.75, 3.05) is 26.3 Å². The molecule has 2 aliphatic heterocycles. The highest BCUT2D eigenvalue weighted by atomic mass is 16.7. The Balaban J connectivity index is 1.92. The quantitative estimate of drug-likeness (QED) is 0.0255. The second-order valence-corrected chi connectivity index (χ2v) is 20.8. The molecular formula is C50H85N13O24. The normalized spacial score (nSPS) is 24.5. The van der Waals surface area contributed by atoms with Gasteiger partial charge in [0.1, 0.15) is 91.1 Å². The number of amides is 11. The zero-order chi connectivity index (χ0) is 66.0. The van der Waals surface area contributed by atoms with Crippen molar-refractivity contribution in [1.82, 2.24) is 47.9 Å². The lowest BCUT2D eigenvalue weighted by Gasteiger charge is -2.48. The van der Waals surface area contributed by atoms with Gasteiger partial charge in [0.25, 0.3) is 0 Å². The van der Waals surface area contributed by atoms with Crippen LogP contribution < -0.4 is 70.8 Å². The zero-order valence-electron chi connectivity index (χ0n) is 48.7. The van der Waals surface area contributed by atoms with Crippen LogP contribution in [0.4, 0.5) is 0 Å². The molecule has 0 saturated carbocycles. The molecule has 2 aliphatic rings. The summed E-state index contributed by atoms with van der Waals surface area (Å²) in [6.07, 6.45) is -16.0. The molecule has 37 heteroatoms. The number of aliphatic carboxylic acids is 2. The highest BCUT2D eigenvalue weighted by molar-refractivity contribution is 5.95. The lowest BCUT2D eigenvalue weighted by atomic mass is 9.94. The van der Waals surface area contributed by atoms with E-state index in [0.717, 1.165) is 13.8 Å². The van der Waals surface area contributed by atoms with Crippen molar-refractivity contribution in [1.29, 1.82) is 0 Å². The summed E-state index contributed by atoms with van der Waals surface area (Å²) in [6, 6.07) is -12.7. The summed E-state index contributed by atoms with van der Waals surface area (Å²) >= 11 is 0. The number of carbonyl (C=O) groups excluding carboxylic acids is 11. The number of rotatable bonds is 38. The van der Waals surface area contributed by atoms with Gasteiger partial charge in [-0.05, 0) is 65.7 Å². The Morgan fingerprint density at radius 3 is 1.56 bits per heavy atom. The van der Waals surface area contributed by atoms with Gasteiger partial charge in [0.05, 0.1) is 32.1 Å². The second kappa shape index (κ2) is 37.4. The van der Waals surface area contributed by atoms with Crippen LogP contribution in [-0.2, 0) is 81.3 Å². The van der Waals surface area contributed by atoms with Crippen molar-refractivity contribution in [3.8, 4) is 0 Å². The van der Waals surface area contributed by atoms with E-state index in [4.69, 9.17) is 47.0 Å². The smallest absolute Gasteiger partial charge is 0.326 e. The molecule has 494 valence electrons. The van der Waals surface area contributed by atoms with E-state index < -0.39 is 225 Å². The van der Waals surface area contributed by atoms with Gasteiger partial charge in [-0.25, -0.2) is 4.79 Å². The fourth-order valence-electron chi connectivity index (χ4n) is 8.67. The number of carboxylic acids is 2. The first-order chi connectivity index (χ1) is 40.7. The van der Waals surface area contributed by atoms with Crippen molar-refractivity contribution < 1.29 is 117 Å². The van der Waals surface area contributed by atoms with Crippen molar-refractivity contribution in [3.63, 3.8) is 0 Å². The number of carbonyl (C=O) groups is 13. The fraction of sp³-hybridized carbons (Fsp3) is 0.740. The highest BCUT2D eigenvalue weighted by Crippen LogP contribution is 2.31. The number of hydrogen-bond donors (Lipinski definition) is 20. The van der Waals surface area contributed by atoms with E-state index in [1.54, 1.807) is 0 Å². The molecule has 0 radical (unpaired) electrons. The number of hydrogen-bond acceptors (Lipinski definition) is 24. The first-order valence-electron chi connectivity index (χ1n) is 27.7. The van der Waals surface area contributed by atoms with E-state index in [0.29, 0.717) is 12.8 Å². The minimum absolute atomic E-state index is 0.0518. The van der Waals surface area contributed by atoms with Crippen molar-refractivity contribution in [3.05, 3.63) is 0 Å². The molecule has 2 fully saturated rings. The van der Waals surface area contributed by atoms with Crippen LogP contribution in [0.3, 0.4) is 0 Å². The van der Waals surface area contributed by atoms with Gasteiger partial charge in [-0.15, -0.1) is 0 Å². The molecule has 0 spiro atoms. The fourth-order valence-corrected chi connectivity index (χ4v) is 8.67. The molecule has 0 aromatic carbocycles. The third-order valence-corrected chi connectivity index (χ3v) is 13.6. The predicted molar refractivity (Wildman–Crippen MR) is 293 cm³/mol. The van der Waals surface area contributed by atoms with Crippen molar-refractivity contribution in [2.24, 2.45) is 22.9 Å². The average molecular weight is 1250 g/mol. The molecule has 0 aromatic heterocycles. The van der Waals surface area contributed by atoms with Gasteiger partial charge < -0.3 is 125 Å². The second-order valence-electron chi connectivity index (χ2n) is 20.8. The van der Waals surface area contributed by atoms with Gasteiger partial charge in [0.2, 0.25) is 65.0 Å². The maximum absolute atomic E-state index is 13.6. The maximum atomic E-state index is 13.6. The molecule has 2 saturated heterocycles. The number of unbranched alkanes of at least 4 members (excludes halogenated alkanes) is 2. The van der Waals surface area contributed by atoms with Gasteiger partial charge in [-0.2, -0.15) is 0 Å². The SMILES string of the molecule is CC(=O)NC1C(OC2C(CO)OC(O)C(NC(C)=O)C2OC(C)C(=O)NC(C)C(=O)NC(CCC(=O)NC(CCCCNC(=O)CC(NC(=O)C(C)NC(=O)C(N)CCCCNC(=O)CC(N)C(=O)O)C(N)=O)C(=O)O)C(N)=O)OC(CO)C(O)C1O. The van der Waals surface area contributed by atoms with Crippen LogP contribution in [0.2, 0.25) is 0 Å². The van der Waals surface area contributed by atoms with E-state index in [9.17, 15) is 93.0 Å². The molecule has 18 unspecified atom stereocenters. The van der Waals surface area contributed by atoms with Crippen LogP contribution in [0.15, 0.2) is 0 Å². The Morgan fingerprint density at radius 1 is 0.529 bits per heavy atom. The largest absolute Gasteiger partial charge is 0.480 e. The molecule has 87 heavy (non-hydrogen) atoms. The number of primary amides is 2. The molecule has 24 N–H and O–H groups in total. The molecule has 0 aromatic rings. The number of nitrogens with one attached hydrogen (secondary N) is 9. The molecule has 18 atom stereocenters. The minimum atomic E-state index is -1.91. The number of aliphatic hydroxyl groups is 5. The highest BCUT2D eigenvalue weighted by Gasteiger charge is 2.53. The molecule has 37 nitrogen and oxygen atoms in total. The number of nitrogens with two attached hydrogens (primary N) is 4. The first-order valence-corrected chi connectivity index (χ1v) is 27.7. The Hall–Kier alpha value is -7.33. The summed E-state index contributed by atoms with van der Waals surface area (Å²) in [5.74, 6) is -12.2. The standard InChI is InChI=1S/C50H85N13O24/c1-20(57-45(77)22(3)84-40-36(60-24(5)67)49(83)85-31(19-65)39(40)87-50-35(59-23(4)66)38(72)37(71)30(18-64)86-50)43(75)62-27(41(53)73)12-13-32(68)61-28(48(81)82)11-7-9-15-56-34(70)17-29(42(54)74)63-44(76)21(2)58-46(78)25(51)10-6-8-14-55-33(69)16-26(52)47(79)80/h20-22,25-31,35-40,49-50,64-65,71-72,83H,6-19,51-52H2,1-5H3,(H2,53,73)(H2,54,74)(H,55,69)(H,56,70)(H,57,77)(H,58,78)(H,59,66)(H,60,67)(H,61,68)(H,62,75)(H,63,76)(H,79,80)(H,81,82). The van der Waals surface area contributed by atoms with Crippen LogP contribution in [-0.4, -0.2) is 249 Å². The lowest BCUT2D eigenvalue weighted by Crippen LogP contribution is -2.70. The van der Waals surface area contributed by atoms with E-state index in [2.05, 4.69) is 47.9 Å². The van der Waals surface area contributed by atoms with Crippen LogP contribution in [0.5, 0.6) is 0 Å². The maximum Gasteiger partial charge on any atom is 0.326 e. The van der Waals surface area contributed by atoms with E-state index >= 15 is 0 Å². The lowest BCUT2D eigenvalue weighted by molar-refractivity contribution is -0.333. The average Bonchev–Trinajstić information content (AvgIpc) is 1.46. The van der Waals surface area contributed by atoms with E-state index in [1.807, 2.05) is 0 Å². The monoisotopic (exact) mass is 1250 g/mol. The Morgan fingerprint density at radius 2 is 1.05 bits per heavy atom. The summed E-state index contributed by atoms with van der Waals surface area (Å²) in [4.78, 5) is 161. The number of aliphatic hydroxyl groups excluding tert-OH is 5. The zero-order valence-corrected chi connectivity index (χ0v) is 48.7. The van der Waals surface area contributed by atoms with Crippen LogP contribution in [0.1, 0.15) is 98.8 Å². The summed E-state index contributed by atoms with van der Waals surface area (Å²) in [5.41, 5.74) is 22.1. The molecular weight excluding hydrogens is 1170 g/mol. The minimum Gasteiger partial charge on any atom is -0.480 e. The van der Waals surface area contributed by atoms with E-state index in [1.165, 1.54) is 20.8 Å². The number of carboxylic acid groups (broad SMARTS) is 2. The van der Waals surface area contributed by atoms with Crippen molar-refractivity contribution in [2.45, 2.75) is 209 Å². The third-order valence-electron chi connectivity index (χ3n) is 13.6. The molecule has 0 bridgehead atoms. The van der Waals surface area contributed by atoms with Crippen LogP contribution >= 0.6 is 0 Å².